The summed E-state index contributed by atoms with van der Waals surface area (Å²) in [5.74, 6) is 0.696. The molecule has 0 saturated carbocycles. The van der Waals surface area contributed by atoms with Crippen LogP contribution < -0.4 is 10.6 Å². The summed E-state index contributed by atoms with van der Waals surface area (Å²) in [5.41, 5.74) is 1.21. The van der Waals surface area contributed by atoms with Gasteiger partial charge in [0.2, 0.25) is 5.91 Å². The van der Waals surface area contributed by atoms with Crippen LogP contribution in [0.3, 0.4) is 0 Å². The lowest BCUT2D eigenvalue weighted by molar-refractivity contribution is -0.120. The Morgan fingerprint density at radius 2 is 1.91 bits per heavy atom. The molecule has 0 unspecified atom stereocenters. The Bertz CT molecular complexity index is 493. The first-order valence-corrected chi connectivity index (χ1v) is 8.64. The molecule has 0 aliphatic heterocycles. The summed E-state index contributed by atoms with van der Waals surface area (Å²) in [6.45, 7) is 3.72. The molecule has 23 heavy (non-hydrogen) atoms. The van der Waals surface area contributed by atoms with Crippen molar-refractivity contribution >= 4 is 47.6 Å². The van der Waals surface area contributed by atoms with Crippen molar-refractivity contribution in [2.45, 2.75) is 24.8 Å². The van der Waals surface area contributed by atoms with E-state index in [9.17, 15) is 4.79 Å². The molecule has 0 aromatic heterocycles. The van der Waals surface area contributed by atoms with Crippen LogP contribution in [0.25, 0.3) is 0 Å². The molecule has 0 spiro atoms. The van der Waals surface area contributed by atoms with Crippen molar-refractivity contribution in [1.29, 1.82) is 0 Å². The van der Waals surface area contributed by atoms with E-state index in [2.05, 4.69) is 46.1 Å². The van der Waals surface area contributed by atoms with Gasteiger partial charge in [0.1, 0.15) is 0 Å². The molecule has 0 heterocycles. The van der Waals surface area contributed by atoms with Gasteiger partial charge in [0, 0.05) is 32.1 Å². The summed E-state index contributed by atoms with van der Waals surface area (Å²) in [4.78, 5) is 19.1. The van der Waals surface area contributed by atoms with Gasteiger partial charge in [-0.1, -0.05) is 19.1 Å². The van der Waals surface area contributed by atoms with E-state index in [-0.39, 0.29) is 36.4 Å². The van der Waals surface area contributed by atoms with Crippen molar-refractivity contribution in [2.75, 3.05) is 33.4 Å². The summed E-state index contributed by atoms with van der Waals surface area (Å²) < 4.78 is 0. The second-order valence-corrected chi connectivity index (χ2v) is 5.83. The highest BCUT2D eigenvalue weighted by molar-refractivity contribution is 14.0. The second kappa shape index (κ2) is 12.5. The van der Waals surface area contributed by atoms with E-state index in [1.54, 1.807) is 18.8 Å². The molecule has 0 aliphatic rings. The van der Waals surface area contributed by atoms with Gasteiger partial charge >= 0.3 is 0 Å². The number of carbonyl (C=O) groups is 1. The van der Waals surface area contributed by atoms with Gasteiger partial charge in [-0.25, -0.2) is 0 Å². The Morgan fingerprint density at radius 3 is 2.43 bits per heavy atom. The molecule has 5 nitrogen and oxygen atoms in total. The minimum absolute atomic E-state index is 0. The maximum atomic E-state index is 11.6. The fourth-order valence-electron chi connectivity index (χ4n) is 1.95. The number of carbonyl (C=O) groups excluding carboxylic acids is 1. The first-order chi connectivity index (χ1) is 10.6. The molecule has 2 N–H and O–H groups in total. The molecular formula is C16H27IN4OS. The smallest absolute Gasteiger partial charge is 0.239 e. The fourth-order valence-corrected chi connectivity index (χ4v) is 2.36. The third-order valence-electron chi connectivity index (χ3n) is 3.13. The Labute approximate surface area is 160 Å². The fraction of sp³-hybridized carbons (Fsp3) is 0.500. The standard InChI is InChI=1S/C16H26N4OS.HI/c1-5-10-18-15(21)11-19-16(17-2)20(3)12-13-6-8-14(22-4)9-7-13;/h6-9H,5,10-12H2,1-4H3,(H,17,19)(H,18,21);1H. The Hall–Kier alpha value is -0.960. The topological polar surface area (TPSA) is 56.7 Å². The van der Waals surface area contributed by atoms with E-state index in [0.717, 1.165) is 13.0 Å². The van der Waals surface area contributed by atoms with Crippen LogP contribution in [0, 0.1) is 0 Å². The Kier molecular flexibility index (Phi) is 11.9. The van der Waals surface area contributed by atoms with Crippen LogP contribution in [-0.2, 0) is 11.3 Å². The summed E-state index contributed by atoms with van der Waals surface area (Å²) in [6, 6.07) is 8.46. The first kappa shape index (κ1) is 22.0. The van der Waals surface area contributed by atoms with Crippen molar-refractivity contribution < 1.29 is 4.79 Å². The van der Waals surface area contributed by atoms with Crippen LogP contribution >= 0.6 is 35.7 Å². The van der Waals surface area contributed by atoms with Crippen LogP contribution in [0.4, 0.5) is 0 Å². The number of amides is 1. The van der Waals surface area contributed by atoms with E-state index < -0.39 is 0 Å². The Balaban J connectivity index is 0.00000484. The zero-order chi connectivity index (χ0) is 16.4. The van der Waals surface area contributed by atoms with Crippen LogP contribution in [-0.4, -0.2) is 50.2 Å². The molecule has 0 fully saturated rings. The number of nitrogens with one attached hydrogen (secondary N) is 2. The molecule has 130 valence electrons. The Morgan fingerprint density at radius 1 is 1.26 bits per heavy atom. The van der Waals surface area contributed by atoms with Crippen LogP contribution in [0.5, 0.6) is 0 Å². The van der Waals surface area contributed by atoms with E-state index in [1.807, 2.05) is 18.9 Å². The molecule has 1 amide bonds. The van der Waals surface area contributed by atoms with Gasteiger partial charge in [0.15, 0.2) is 5.96 Å². The van der Waals surface area contributed by atoms with Crippen LogP contribution in [0.1, 0.15) is 18.9 Å². The number of nitrogens with zero attached hydrogens (tertiary/aromatic N) is 2. The van der Waals surface area contributed by atoms with Crippen molar-refractivity contribution in [3.05, 3.63) is 29.8 Å². The number of guanidine groups is 1. The SMILES string of the molecule is CCCNC(=O)CNC(=NC)N(C)Cc1ccc(SC)cc1.I. The second-order valence-electron chi connectivity index (χ2n) is 4.95. The normalized spacial score (nSPS) is 10.7. The van der Waals surface area contributed by atoms with Gasteiger partial charge in [0.05, 0.1) is 6.54 Å². The molecule has 1 rings (SSSR count). The molecule has 0 atom stereocenters. The number of rotatable bonds is 7. The minimum atomic E-state index is -0.0132. The summed E-state index contributed by atoms with van der Waals surface area (Å²) in [5, 5.41) is 5.92. The zero-order valence-electron chi connectivity index (χ0n) is 14.3. The lowest BCUT2D eigenvalue weighted by Crippen LogP contribution is -2.43. The van der Waals surface area contributed by atoms with Gasteiger partial charge in [-0.3, -0.25) is 9.79 Å². The van der Waals surface area contributed by atoms with E-state index >= 15 is 0 Å². The van der Waals surface area contributed by atoms with Crippen LogP contribution in [0.2, 0.25) is 0 Å². The van der Waals surface area contributed by atoms with E-state index in [1.165, 1.54) is 10.5 Å². The molecular weight excluding hydrogens is 423 g/mol. The number of aliphatic imine (C=N–C) groups is 1. The van der Waals surface area contributed by atoms with Crippen molar-refractivity contribution in [2.24, 2.45) is 4.99 Å². The van der Waals surface area contributed by atoms with Gasteiger partial charge in [-0.15, -0.1) is 35.7 Å². The van der Waals surface area contributed by atoms with Gasteiger partial charge in [-0.2, -0.15) is 0 Å². The van der Waals surface area contributed by atoms with E-state index in [0.29, 0.717) is 12.5 Å². The number of benzene rings is 1. The van der Waals surface area contributed by atoms with Crippen LogP contribution in [0.15, 0.2) is 34.2 Å². The lowest BCUT2D eigenvalue weighted by atomic mass is 10.2. The zero-order valence-corrected chi connectivity index (χ0v) is 17.4. The third-order valence-corrected chi connectivity index (χ3v) is 3.87. The summed E-state index contributed by atoms with van der Waals surface area (Å²) in [6.07, 6.45) is 3.00. The maximum Gasteiger partial charge on any atom is 0.239 e. The molecule has 1 aromatic carbocycles. The van der Waals surface area contributed by atoms with Gasteiger partial charge in [0.25, 0.3) is 0 Å². The highest BCUT2D eigenvalue weighted by Crippen LogP contribution is 2.15. The minimum Gasteiger partial charge on any atom is -0.355 e. The van der Waals surface area contributed by atoms with Crippen molar-refractivity contribution in [3.8, 4) is 0 Å². The highest BCUT2D eigenvalue weighted by atomic mass is 127. The molecule has 7 heteroatoms. The largest absolute Gasteiger partial charge is 0.355 e. The average molecular weight is 450 g/mol. The molecule has 0 aliphatic carbocycles. The lowest BCUT2D eigenvalue weighted by Gasteiger charge is -2.22. The predicted molar refractivity (Wildman–Crippen MR) is 110 cm³/mol. The molecule has 0 bridgehead atoms. The third kappa shape index (κ3) is 8.45. The quantitative estimate of drug-likeness (QED) is 0.290. The maximum absolute atomic E-state index is 11.6. The van der Waals surface area contributed by atoms with Gasteiger partial charge in [-0.05, 0) is 30.4 Å². The number of thioether (sulfide) groups is 1. The summed E-state index contributed by atoms with van der Waals surface area (Å²) in [7, 11) is 3.68. The summed E-state index contributed by atoms with van der Waals surface area (Å²) >= 11 is 1.73. The number of halogens is 1. The highest BCUT2D eigenvalue weighted by Gasteiger charge is 2.08. The number of hydrogen-bond donors (Lipinski definition) is 2. The van der Waals surface area contributed by atoms with E-state index in [4.69, 9.17) is 0 Å². The average Bonchev–Trinajstić information content (AvgIpc) is 2.54. The number of hydrogen-bond acceptors (Lipinski definition) is 3. The molecule has 0 saturated heterocycles. The molecule has 1 aromatic rings. The predicted octanol–water partition coefficient (Wildman–Crippen LogP) is 2.56. The monoisotopic (exact) mass is 450 g/mol. The van der Waals surface area contributed by atoms with Gasteiger partial charge < -0.3 is 15.5 Å². The van der Waals surface area contributed by atoms with Crippen molar-refractivity contribution in [1.82, 2.24) is 15.5 Å². The molecule has 0 radical (unpaired) electrons. The first-order valence-electron chi connectivity index (χ1n) is 7.42. The van der Waals surface area contributed by atoms with Crippen molar-refractivity contribution in [3.63, 3.8) is 0 Å².